The molecule has 0 aromatic carbocycles. The van der Waals surface area contributed by atoms with Crippen molar-refractivity contribution in [3.05, 3.63) is 11.6 Å². The van der Waals surface area contributed by atoms with Gasteiger partial charge in [-0.3, -0.25) is 4.79 Å². The molecule has 0 radical (unpaired) electrons. The Bertz CT molecular complexity index is 1860. The molecule has 7 fully saturated rings. The minimum absolute atomic E-state index is 0.0241. The number of aliphatic hydroxyl groups is 8. The lowest BCUT2D eigenvalue weighted by molar-refractivity contribution is -0.395. The average molecular weight is 941 g/mol. The first-order valence-corrected chi connectivity index (χ1v) is 24.2. The zero-order valence-electron chi connectivity index (χ0n) is 39.6. The second-order valence-electron chi connectivity index (χ2n) is 23.5. The molecular formula is C48H76O18. The van der Waals surface area contributed by atoms with Crippen LogP contribution in [0.4, 0.5) is 0 Å². The van der Waals surface area contributed by atoms with Crippen LogP contribution in [0.2, 0.25) is 0 Å². The molecule has 0 spiro atoms. The summed E-state index contributed by atoms with van der Waals surface area (Å²) in [4.78, 5) is 26.0. The quantitative estimate of drug-likeness (QED) is 0.117. The molecule has 5 aliphatic carbocycles. The van der Waals surface area contributed by atoms with Crippen LogP contribution in [0.3, 0.4) is 0 Å². The van der Waals surface area contributed by atoms with Gasteiger partial charge in [-0.25, -0.2) is 4.79 Å². The number of rotatable bonds is 9. The van der Waals surface area contributed by atoms with E-state index in [1.54, 1.807) is 0 Å². The van der Waals surface area contributed by atoms with Gasteiger partial charge in [-0.1, -0.05) is 60.1 Å². The van der Waals surface area contributed by atoms with Crippen LogP contribution in [-0.4, -0.2) is 168 Å². The maximum Gasteiger partial charge on any atom is 0.335 e. The van der Waals surface area contributed by atoms with E-state index < -0.39 is 128 Å². The average Bonchev–Trinajstić information content (AvgIpc) is 3.24. The Hall–Kier alpha value is -1.88. The van der Waals surface area contributed by atoms with Crippen LogP contribution in [0.25, 0.3) is 0 Å². The smallest absolute Gasteiger partial charge is 0.335 e. The van der Waals surface area contributed by atoms with Gasteiger partial charge in [-0.15, -0.1) is 0 Å². The second kappa shape index (κ2) is 17.5. The monoisotopic (exact) mass is 941 g/mol. The van der Waals surface area contributed by atoms with E-state index in [1.165, 1.54) is 12.5 Å². The van der Waals surface area contributed by atoms with Gasteiger partial charge in [0.05, 0.1) is 24.2 Å². The number of ether oxygens (including phenoxy) is 6. The van der Waals surface area contributed by atoms with Crippen molar-refractivity contribution in [1.82, 2.24) is 0 Å². The first-order chi connectivity index (χ1) is 30.7. The van der Waals surface area contributed by atoms with Crippen LogP contribution in [0.15, 0.2) is 11.6 Å². The number of hydrogen-bond donors (Lipinski definition) is 10. The SMILES string of the molecule is C[C@@H]1O[C@@H](O[C@H]2[C@H](O)[C@@H](C(=O)O)O[C@@H](O[C@H]3CC[C@@]4(C)[C@H](CC[C@]5(C)[C@H]4CC=C4[C@@H]6CC(C)(C)CC[C@]6(C(=O)O)CC[C@]45C)C3(C)C)[C@@H]2O[C@@H]2O[C@H](CO)[C@@H](O)[C@H](O)[C@H]2O)[C@H](O)[C@H](O)[C@H]1O. The van der Waals surface area contributed by atoms with Crippen LogP contribution in [0.5, 0.6) is 0 Å². The molecule has 4 saturated carbocycles. The molecular weight excluding hydrogens is 865 g/mol. The fourth-order valence-electron chi connectivity index (χ4n) is 15.1. The van der Waals surface area contributed by atoms with Crippen molar-refractivity contribution in [2.45, 2.75) is 218 Å². The lowest BCUT2D eigenvalue weighted by Crippen LogP contribution is -2.68. The van der Waals surface area contributed by atoms with Crippen molar-refractivity contribution in [2.75, 3.05) is 6.61 Å². The number of fused-ring (bicyclic) bond motifs is 7. The van der Waals surface area contributed by atoms with Gasteiger partial charge in [-0.2, -0.15) is 0 Å². The van der Waals surface area contributed by atoms with Gasteiger partial charge >= 0.3 is 11.9 Å². The molecule has 0 bridgehead atoms. The summed E-state index contributed by atoms with van der Waals surface area (Å²) in [5.41, 5.74) is -0.505. The van der Waals surface area contributed by atoms with Crippen molar-refractivity contribution < 1.29 is 89.1 Å². The van der Waals surface area contributed by atoms with Gasteiger partial charge in [0.15, 0.2) is 25.0 Å². The molecule has 3 saturated heterocycles. The minimum atomic E-state index is -2.06. The zero-order valence-corrected chi connectivity index (χ0v) is 39.6. The maximum absolute atomic E-state index is 13.2. The van der Waals surface area contributed by atoms with Crippen LogP contribution in [0, 0.1) is 50.2 Å². The van der Waals surface area contributed by atoms with E-state index in [9.17, 15) is 60.7 Å². The first-order valence-electron chi connectivity index (χ1n) is 24.2. The summed E-state index contributed by atoms with van der Waals surface area (Å²) in [5, 5.41) is 107. The third-order valence-corrected chi connectivity index (χ3v) is 19.3. The van der Waals surface area contributed by atoms with Crippen LogP contribution < -0.4 is 0 Å². The summed E-state index contributed by atoms with van der Waals surface area (Å²) in [6.07, 6.45) is -16.6. The molecule has 8 rings (SSSR count). The molecule has 3 aliphatic heterocycles. The Balaban J connectivity index is 1.11. The zero-order chi connectivity index (χ0) is 48.4. The highest BCUT2D eigenvalue weighted by Gasteiger charge is 2.70. The standard InChI is InChI=1S/C48H76O18/c1-21-28(50)30(52)32(54)39(61-21)64-35-34(56)36(38(57)58)65-41(37(35)66-40-33(55)31(53)29(51)24(20-49)62-40)63-27-12-13-45(6)25(44(27,4)5)11-14-47(8)26(45)10-9-22-23-19-43(2,3)15-17-48(23,42(59)60)18-16-46(22,47)7/h9,21,23-37,39-41,49-56H,10-20H2,1-8H3,(H,57,58)(H,59,60)/t21-,23-,24+,25+,26-,27-,28-,29+,30+,31-,32+,33+,34-,35-,36-,37+,39-,40-,41+,45-,46+,47+,48-/m0/s1. The number of carboxylic acid groups (broad SMARTS) is 2. The topological polar surface area (TPSA) is 292 Å². The van der Waals surface area contributed by atoms with E-state index in [2.05, 4.69) is 54.5 Å². The summed E-state index contributed by atoms with van der Waals surface area (Å²) in [6, 6.07) is 0. The second-order valence-corrected chi connectivity index (χ2v) is 23.5. The van der Waals surface area contributed by atoms with Gasteiger partial charge < -0.3 is 79.5 Å². The fourth-order valence-corrected chi connectivity index (χ4v) is 15.1. The van der Waals surface area contributed by atoms with E-state index in [0.29, 0.717) is 19.3 Å². The molecule has 0 amide bonds. The summed E-state index contributed by atoms with van der Waals surface area (Å²) in [5.74, 6) is -1.96. The number of allylic oxidation sites excluding steroid dienone is 2. The molecule has 23 atom stereocenters. The van der Waals surface area contributed by atoms with Crippen molar-refractivity contribution in [3.63, 3.8) is 0 Å². The third-order valence-electron chi connectivity index (χ3n) is 19.3. The number of hydrogen-bond acceptors (Lipinski definition) is 16. The van der Waals surface area contributed by atoms with Gasteiger partial charge in [0.2, 0.25) is 0 Å². The van der Waals surface area contributed by atoms with Crippen molar-refractivity contribution in [1.29, 1.82) is 0 Å². The lowest BCUT2D eigenvalue weighted by Gasteiger charge is -2.71. The highest BCUT2D eigenvalue weighted by molar-refractivity contribution is 5.76. The molecule has 8 aliphatic rings. The minimum Gasteiger partial charge on any atom is -0.481 e. The van der Waals surface area contributed by atoms with E-state index >= 15 is 0 Å². The fraction of sp³-hybridized carbons (Fsp3) is 0.917. The predicted octanol–water partition coefficient (Wildman–Crippen LogP) is 1.83. The predicted molar refractivity (Wildman–Crippen MR) is 230 cm³/mol. The normalized spacial score (nSPS) is 53.3. The third kappa shape index (κ3) is 7.74. The Labute approximate surface area is 386 Å². The summed E-state index contributed by atoms with van der Waals surface area (Å²) >= 11 is 0. The van der Waals surface area contributed by atoms with Crippen molar-refractivity contribution >= 4 is 11.9 Å². The summed E-state index contributed by atoms with van der Waals surface area (Å²) in [6.45, 7) is 16.6. The molecule has 10 N–H and O–H groups in total. The number of aliphatic hydroxyl groups excluding tert-OH is 8. The Morgan fingerprint density at radius 2 is 1.29 bits per heavy atom. The van der Waals surface area contributed by atoms with Gasteiger partial charge in [0, 0.05) is 0 Å². The Morgan fingerprint density at radius 1 is 0.667 bits per heavy atom. The largest absolute Gasteiger partial charge is 0.481 e. The van der Waals surface area contributed by atoms with Crippen LogP contribution >= 0.6 is 0 Å². The lowest BCUT2D eigenvalue weighted by atomic mass is 9.33. The maximum atomic E-state index is 13.2. The number of carboxylic acids is 2. The Morgan fingerprint density at radius 3 is 1.92 bits per heavy atom. The van der Waals surface area contributed by atoms with Crippen LogP contribution in [-0.2, 0) is 38.0 Å². The molecule has 66 heavy (non-hydrogen) atoms. The molecule has 18 nitrogen and oxygen atoms in total. The van der Waals surface area contributed by atoms with Crippen molar-refractivity contribution in [3.8, 4) is 0 Å². The number of aliphatic carboxylic acids is 2. The van der Waals surface area contributed by atoms with E-state index in [4.69, 9.17) is 28.4 Å². The van der Waals surface area contributed by atoms with Crippen LogP contribution in [0.1, 0.15) is 120 Å². The summed E-state index contributed by atoms with van der Waals surface area (Å²) < 4.78 is 36.7. The first kappa shape index (κ1) is 50.5. The van der Waals surface area contributed by atoms with E-state index in [-0.39, 0.29) is 39.4 Å². The molecule has 18 heteroatoms. The molecule has 0 aromatic rings. The highest BCUT2D eigenvalue weighted by Crippen LogP contribution is 2.76. The molecule has 376 valence electrons. The summed E-state index contributed by atoms with van der Waals surface area (Å²) in [7, 11) is 0. The van der Waals surface area contributed by atoms with Gasteiger partial charge in [-0.05, 0) is 116 Å². The van der Waals surface area contributed by atoms with Crippen molar-refractivity contribution in [2.24, 2.45) is 50.2 Å². The highest BCUT2D eigenvalue weighted by atomic mass is 16.8. The van der Waals surface area contributed by atoms with E-state index in [1.807, 2.05) is 0 Å². The molecule has 3 heterocycles. The van der Waals surface area contributed by atoms with Gasteiger partial charge in [0.25, 0.3) is 0 Å². The molecule has 0 aromatic heterocycles. The molecule has 0 unspecified atom stereocenters. The number of carbonyl (C=O) groups is 2. The van der Waals surface area contributed by atoms with Gasteiger partial charge in [0.1, 0.15) is 61.0 Å². The Kier molecular flexibility index (Phi) is 13.4. The van der Waals surface area contributed by atoms with E-state index in [0.717, 1.165) is 44.9 Å².